The van der Waals surface area contributed by atoms with Crippen LogP contribution in [0.15, 0.2) is 18.5 Å². The number of aryl methyl sites for hydroxylation is 1. The minimum absolute atomic E-state index is 0.283. The van der Waals surface area contributed by atoms with E-state index in [0.29, 0.717) is 5.92 Å². The van der Waals surface area contributed by atoms with E-state index in [1.165, 1.54) is 5.69 Å². The number of aromatic nitrogens is 3. The van der Waals surface area contributed by atoms with Crippen LogP contribution in [-0.4, -0.2) is 33.6 Å². The molecule has 0 radical (unpaired) electrons. The number of ether oxygens (including phenoxy) is 2. The summed E-state index contributed by atoms with van der Waals surface area (Å²) in [6.45, 7) is 3.51. The monoisotopic (exact) mass is 273 g/mol. The van der Waals surface area contributed by atoms with Gasteiger partial charge in [-0.1, -0.05) is 0 Å². The van der Waals surface area contributed by atoms with Crippen molar-refractivity contribution in [1.82, 2.24) is 14.6 Å². The molecule has 1 spiro atoms. The normalized spacial score (nSPS) is 22.9. The van der Waals surface area contributed by atoms with Gasteiger partial charge in [-0.15, -0.1) is 0 Å². The van der Waals surface area contributed by atoms with E-state index in [2.05, 4.69) is 22.2 Å². The van der Waals surface area contributed by atoms with Gasteiger partial charge in [0.25, 0.3) is 0 Å². The van der Waals surface area contributed by atoms with E-state index in [-0.39, 0.29) is 5.79 Å². The number of hydrogen-bond donors (Lipinski definition) is 0. The van der Waals surface area contributed by atoms with Crippen LogP contribution < -0.4 is 0 Å². The molecule has 2 aromatic heterocycles. The summed E-state index contributed by atoms with van der Waals surface area (Å²) in [6.07, 6.45) is 5.79. The highest BCUT2D eigenvalue weighted by Crippen LogP contribution is 2.42. The van der Waals surface area contributed by atoms with Crippen molar-refractivity contribution in [3.05, 3.63) is 29.8 Å². The zero-order chi connectivity index (χ0) is 13.6. The summed E-state index contributed by atoms with van der Waals surface area (Å²) in [4.78, 5) is 4.25. The van der Waals surface area contributed by atoms with Crippen molar-refractivity contribution in [2.24, 2.45) is 0 Å². The van der Waals surface area contributed by atoms with Crippen LogP contribution in [0.1, 0.15) is 43.0 Å². The molecule has 106 valence electrons. The summed E-state index contributed by atoms with van der Waals surface area (Å²) in [6, 6.07) is 4.31. The highest BCUT2D eigenvalue weighted by atomic mass is 16.7. The highest BCUT2D eigenvalue weighted by molar-refractivity contribution is 5.52. The Morgan fingerprint density at radius 2 is 1.95 bits per heavy atom. The van der Waals surface area contributed by atoms with Crippen LogP contribution >= 0.6 is 0 Å². The van der Waals surface area contributed by atoms with E-state index in [0.717, 1.165) is 50.1 Å². The molecule has 2 aliphatic rings. The summed E-state index contributed by atoms with van der Waals surface area (Å²) >= 11 is 0. The van der Waals surface area contributed by atoms with Gasteiger partial charge in [0.15, 0.2) is 5.79 Å². The Balaban J connectivity index is 1.60. The zero-order valence-corrected chi connectivity index (χ0v) is 11.7. The van der Waals surface area contributed by atoms with E-state index in [1.54, 1.807) is 6.33 Å². The van der Waals surface area contributed by atoms with Crippen molar-refractivity contribution < 1.29 is 9.47 Å². The largest absolute Gasteiger partial charge is 0.348 e. The molecule has 2 aromatic rings. The molecule has 5 nitrogen and oxygen atoms in total. The molecule has 0 bridgehead atoms. The van der Waals surface area contributed by atoms with Crippen molar-refractivity contribution in [3.63, 3.8) is 0 Å². The van der Waals surface area contributed by atoms with Crippen LogP contribution in [0.5, 0.6) is 0 Å². The molecular weight excluding hydrogens is 254 g/mol. The van der Waals surface area contributed by atoms with Gasteiger partial charge in [0.2, 0.25) is 0 Å². The third-order valence-corrected chi connectivity index (χ3v) is 4.65. The second kappa shape index (κ2) is 4.53. The number of hydrogen-bond acceptors (Lipinski definition) is 4. The van der Waals surface area contributed by atoms with Gasteiger partial charge in [-0.25, -0.2) is 9.50 Å². The van der Waals surface area contributed by atoms with Crippen LogP contribution in [0, 0.1) is 6.92 Å². The lowest BCUT2D eigenvalue weighted by molar-refractivity contribution is -0.179. The van der Waals surface area contributed by atoms with Crippen LogP contribution in [0.2, 0.25) is 0 Å². The van der Waals surface area contributed by atoms with Crippen LogP contribution in [0.4, 0.5) is 0 Å². The van der Waals surface area contributed by atoms with Gasteiger partial charge in [0.05, 0.1) is 24.4 Å². The molecule has 5 heteroatoms. The Bertz CT molecular complexity index is 621. The van der Waals surface area contributed by atoms with Crippen molar-refractivity contribution in [2.75, 3.05) is 13.2 Å². The Labute approximate surface area is 117 Å². The minimum atomic E-state index is -0.283. The van der Waals surface area contributed by atoms with Gasteiger partial charge in [-0.2, -0.15) is 5.10 Å². The molecule has 1 saturated heterocycles. The Morgan fingerprint density at radius 1 is 1.20 bits per heavy atom. The first-order valence-electron chi connectivity index (χ1n) is 7.35. The Kier molecular flexibility index (Phi) is 2.79. The lowest BCUT2D eigenvalue weighted by Crippen LogP contribution is -2.34. The van der Waals surface area contributed by atoms with Crippen molar-refractivity contribution in [2.45, 2.75) is 44.3 Å². The maximum absolute atomic E-state index is 5.80. The van der Waals surface area contributed by atoms with Gasteiger partial charge in [0.1, 0.15) is 6.33 Å². The molecule has 20 heavy (non-hydrogen) atoms. The fourth-order valence-electron chi connectivity index (χ4n) is 3.53. The first-order valence-corrected chi connectivity index (χ1v) is 7.35. The molecule has 0 amide bonds. The van der Waals surface area contributed by atoms with E-state index < -0.39 is 0 Å². The van der Waals surface area contributed by atoms with E-state index in [1.807, 2.05) is 11.4 Å². The molecule has 1 saturated carbocycles. The SMILES string of the molecule is Cc1ncnn2c(C3CCC4(CC3)OCCO4)ccc12. The smallest absolute Gasteiger partial charge is 0.168 e. The molecule has 1 aliphatic carbocycles. The summed E-state index contributed by atoms with van der Waals surface area (Å²) < 4.78 is 13.6. The van der Waals surface area contributed by atoms with Crippen molar-refractivity contribution >= 4 is 5.52 Å². The zero-order valence-electron chi connectivity index (χ0n) is 11.7. The number of fused-ring (bicyclic) bond motifs is 1. The average molecular weight is 273 g/mol. The second-order valence-electron chi connectivity index (χ2n) is 5.78. The molecule has 3 heterocycles. The van der Waals surface area contributed by atoms with Gasteiger partial charge in [0, 0.05) is 24.5 Å². The average Bonchev–Trinajstić information content (AvgIpc) is 3.09. The Hall–Kier alpha value is -1.46. The van der Waals surface area contributed by atoms with Crippen molar-refractivity contribution in [3.8, 4) is 0 Å². The molecular formula is C15H19N3O2. The minimum Gasteiger partial charge on any atom is -0.348 e. The molecule has 0 unspecified atom stereocenters. The third-order valence-electron chi connectivity index (χ3n) is 4.65. The van der Waals surface area contributed by atoms with E-state index in [4.69, 9.17) is 9.47 Å². The second-order valence-corrected chi connectivity index (χ2v) is 5.78. The molecule has 2 fully saturated rings. The molecule has 1 aliphatic heterocycles. The first kappa shape index (κ1) is 12.3. The standard InChI is InChI=1S/C15H19N3O2/c1-11-13-2-3-14(18(13)17-10-16-11)12-4-6-15(7-5-12)19-8-9-20-15/h2-3,10,12H,4-9H2,1H3. The summed E-state index contributed by atoms with van der Waals surface area (Å²) in [5, 5.41) is 4.41. The fourth-order valence-corrected chi connectivity index (χ4v) is 3.53. The van der Waals surface area contributed by atoms with Gasteiger partial charge in [-0.3, -0.25) is 0 Å². The third kappa shape index (κ3) is 1.84. The van der Waals surface area contributed by atoms with Crippen LogP contribution in [0.3, 0.4) is 0 Å². The molecule has 0 aromatic carbocycles. The van der Waals surface area contributed by atoms with Crippen LogP contribution in [0.25, 0.3) is 5.52 Å². The van der Waals surface area contributed by atoms with E-state index in [9.17, 15) is 0 Å². The predicted molar refractivity (Wildman–Crippen MR) is 73.6 cm³/mol. The highest BCUT2D eigenvalue weighted by Gasteiger charge is 2.41. The quantitative estimate of drug-likeness (QED) is 0.800. The first-order chi connectivity index (χ1) is 9.77. The van der Waals surface area contributed by atoms with E-state index >= 15 is 0 Å². The summed E-state index contributed by atoms with van der Waals surface area (Å²) in [5.74, 6) is 0.249. The Morgan fingerprint density at radius 3 is 2.70 bits per heavy atom. The molecule has 0 atom stereocenters. The lowest BCUT2D eigenvalue weighted by atomic mass is 9.83. The number of rotatable bonds is 1. The van der Waals surface area contributed by atoms with Crippen molar-refractivity contribution in [1.29, 1.82) is 0 Å². The van der Waals surface area contributed by atoms with Gasteiger partial charge >= 0.3 is 0 Å². The maximum atomic E-state index is 5.80. The maximum Gasteiger partial charge on any atom is 0.168 e. The fraction of sp³-hybridized carbons (Fsp3) is 0.600. The summed E-state index contributed by atoms with van der Waals surface area (Å²) in [5.41, 5.74) is 3.43. The lowest BCUT2D eigenvalue weighted by Gasteiger charge is -2.35. The number of nitrogens with zero attached hydrogens (tertiary/aromatic N) is 3. The molecule has 4 rings (SSSR count). The topological polar surface area (TPSA) is 48.7 Å². The van der Waals surface area contributed by atoms with Gasteiger partial charge in [-0.05, 0) is 31.9 Å². The van der Waals surface area contributed by atoms with Crippen LogP contribution in [-0.2, 0) is 9.47 Å². The summed E-state index contributed by atoms with van der Waals surface area (Å²) in [7, 11) is 0. The van der Waals surface area contributed by atoms with Gasteiger partial charge < -0.3 is 9.47 Å². The molecule has 0 N–H and O–H groups in total. The predicted octanol–water partition coefficient (Wildman–Crippen LogP) is 2.44.